The molecule has 0 saturated carbocycles. The molecule has 2 aromatic carbocycles. The Morgan fingerprint density at radius 2 is 1.49 bits per heavy atom. The molecule has 13 nitrogen and oxygen atoms in total. The number of aromatic nitrogens is 2. The molecule has 47 heavy (non-hydrogen) atoms. The minimum Gasteiger partial charge on any atom is -0.465 e. The van der Waals surface area contributed by atoms with Gasteiger partial charge < -0.3 is 24.8 Å². The molecule has 0 spiro atoms. The van der Waals surface area contributed by atoms with Crippen LogP contribution in [-0.2, 0) is 41.0 Å². The van der Waals surface area contributed by atoms with Gasteiger partial charge in [0, 0.05) is 6.20 Å². The summed E-state index contributed by atoms with van der Waals surface area (Å²) >= 11 is 0.885. The second-order valence-electron chi connectivity index (χ2n) is 10.6. The molecule has 5 N–H and O–H groups in total. The molecule has 2 heterocycles. The van der Waals surface area contributed by atoms with Crippen LogP contribution in [0.3, 0.4) is 0 Å². The number of halogens is 1. The summed E-state index contributed by atoms with van der Waals surface area (Å²) in [6, 6.07) is 16.8. The van der Waals surface area contributed by atoms with E-state index in [-0.39, 0.29) is 31.9 Å². The monoisotopic (exact) mass is 691 g/mol. The first-order chi connectivity index (χ1) is 22.5. The number of aliphatic hydroxyl groups is 1. The maximum absolute atomic E-state index is 15.3. The Bertz CT molecular complexity index is 1520. The Labute approximate surface area is 275 Å². The van der Waals surface area contributed by atoms with Gasteiger partial charge in [0.05, 0.1) is 25.1 Å². The number of thioether (sulfide) groups is 1. The number of rotatable bonds is 16. The van der Waals surface area contributed by atoms with Crippen molar-refractivity contribution in [2.75, 3.05) is 25.6 Å². The van der Waals surface area contributed by atoms with E-state index >= 15 is 4.39 Å². The molecule has 1 aliphatic rings. The predicted molar refractivity (Wildman–Crippen MR) is 175 cm³/mol. The minimum absolute atomic E-state index is 0.0403. The van der Waals surface area contributed by atoms with E-state index in [1.807, 2.05) is 12.1 Å². The smallest absolute Gasteiger partial charge is 0.350 e. The molecular formula is C31H39FN5O8PS. The van der Waals surface area contributed by atoms with Gasteiger partial charge in [-0.2, -0.15) is 4.98 Å². The predicted octanol–water partition coefficient (Wildman–Crippen LogP) is 2.79. The quantitative estimate of drug-likeness (QED) is 0.127. The lowest BCUT2D eigenvalue weighted by molar-refractivity contribution is -0.145. The van der Waals surface area contributed by atoms with Gasteiger partial charge in [-0.3, -0.25) is 18.7 Å². The first-order valence-electron chi connectivity index (χ1n) is 15.1. The molecule has 16 heteroatoms. The molecule has 0 aliphatic carbocycles. The number of carbonyl (C=O) groups excluding carboxylic acids is 2. The molecule has 1 aromatic heterocycles. The van der Waals surface area contributed by atoms with Crippen molar-refractivity contribution in [1.29, 1.82) is 0 Å². The van der Waals surface area contributed by atoms with Crippen LogP contribution in [0.5, 0.6) is 0 Å². The maximum Gasteiger partial charge on any atom is 0.350 e. The van der Waals surface area contributed by atoms with Gasteiger partial charge in [0.2, 0.25) is 0 Å². The average Bonchev–Trinajstić information content (AvgIpc) is 3.33. The summed E-state index contributed by atoms with van der Waals surface area (Å²) in [5, 5.41) is 14.1. The highest BCUT2D eigenvalue weighted by Gasteiger charge is 2.47. The Morgan fingerprint density at radius 3 is 1.96 bits per heavy atom. The van der Waals surface area contributed by atoms with E-state index < -0.39 is 66.9 Å². The number of nitrogen functional groups attached to an aromatic ring is 1. The molecule has 1 fully saturated rings. The molecule has 1 aliphatic heterocycles. The molecule has 6 atom stereocenters. The van der Waals surface area contributed by atoms with Crippen molar-refractivity contribution in [2.24, 2.45) is 0 Å². The highest BCUT2D eigenvalue weighted by molar-refractivity contribution is 8.00. The van der Waals surface area contributed by atoms with Crippen molar-refractivity contribution in [3.63, 3.8) is 0 Å². The van der Waals surface area contributed by atoms with Crippen LogP contribution in [0.1, 0.15) is 30.3 Å². The van der Waals surface area contributed by atoms with Crippen LogP contribution in [0.2, 0.25) is 0 Å². The average molecular weight is 692 g/mol. The summed E-state index contributed by atoms with van der Waals surface area (Å²) in [6.45, 7) is 2.86. The summed E-state index contributed by atoms with van der Waals surface area (Å²) in [5.41, 5.74) is 6.21. The van der Waals surface area contributed by atoms with Crippen molar-refractivity contribution in [3.8, 4) is 0 Å². The molecule has 0 amide bonds. The lowest BCUT2D eigenvalue weighted by atomic mass is 10.1. The van der Waals surface area contributed by atoms with Crippen molar-refractivity contribution in [3.05, 3.63) is 94.5 Å². The SMILES string of the molecule is CCOC(=O)[C@H](Cc1ccccc1)NP(=O)(N[C@@H](Cc1ccccc1)C(=O)OCC)OCC1S[C@@H](n2ccc(N)nc2=O)[C@@H](F)[C@@H]1O. The number of alkyl halides is 1. The van der Waals surface area contributed by atoms with E-state index in [0.29, 0.717) is 0 Å². The van der Waals surface area contributed by atoms with Crippen molar-refractivity contribution >= 4 is 37.2 Å². The minimum atomic E-state index is -4.41. The third kappa shape index (κ3) is 9.95. The number of aliphatic hydroxyl groups excluding tert-OH is 1. The molecule has 1 unspecified atom stereocenters. The summed E-state index contributed by atoms with van der Waals surface area (Å²) < 4.78 is 47.5. The number of anilines is 1. The lowest BCUT2D eigenvalue weighted by Gasteiger charge is -2.29. The van der Waals surface area contributed by atoms with Gasteiger partial charge in [-0.25, -0.2) is 19.4 Å². The first kappa shape index (κ1) is 36.2. The van der Waals surface area contributed by atoms with Gasteiger partial charge in [-0.1, -0.05) is 60.7 Å². The standard InChI is InChI=1S/C31H39FN5O8PS/c1-3-43-29(39)22(17-20-11-7-5-8-12-20)35-46(42,36-23(30(40)44-4-2)18-21-13-9-6-10-14-21)45-19-24-27(38)26(32)28(47-24)37-16-15-25(33)34-31(37)41/h5-16,22-24,26-28,38H,3-4,17-19H2,1-2H3,(H2,33,34,41)(H2,35,36,42)/t22-,23-,24?,26-,27+,28+/m0/s1. The van der Waals surface area contributed by atoms with Gasteiger partial charge in [0.25, 0.3) is 0 Å². The van der Waals surface area contributed by atoms with Gasteiger partial charge in [-0.15, -0.1) is 11.8 Å². The summed E-state index contributed by atoms with van der Waals surface area (Å²) in [6.07, 6.45) is -2.15. The van der Waals surface area contributed by atoms with Crippen LogP contribution in [0.25, 0.3) is 0 Å². The number of nitrogens with two attached hydrogens (primary N) is 1. The summed E-state index contributed by atoms with van der Waals surface area (Å²) in [5.74, 6) is -1.47. The molecule has 0 radical (unpaired) electrons. The van der Waals surface area contributed by atoms with Crippen molar-refractivity contribution in [2.45, 2.75) is 61.7 Å². The zero-order valence-electron chi connectivity index (χ0n) is 25.9. The third-order valence-corrected chi connectivity index (χ3v) is 10.5. The number of hydrogen-bond acceptors (Lipinski definition) is 11. The van der Waals surface area contributed by atoms with E-state index in [1.54, 1.807) is 62.4 Å². The Balaban J connectivity index is 1.63. The van der Waals surface area contributed by atoms with E-state index in [9.17, 15) is 24.1 Å². The number of ether oxygens (including phenoxy) is 2. The fourth-order valence-corrected chi connectivity index (χ4v) is 8.26. The first-order valence-corrected chi connectivity index (χ1v) is 17.6. The molecular weight excluding hydrogens is 652 g/mol. The van der Waals surface area contributed by atoms with Gasteiger partial charge in [-0.05, 0) is 43.9 Å². The topological polar surface area (TPSA) is 184 Å². The summed E-state index contributed by atoms with van der Waals surface area (Å²) in [4.78, 5) is 42.3. The van der Waals surface area contributed by atoms with E-state index in [1.165, 1.54) is 12.3 Å². The van der Waals surface area contributed by atoms with Crippen LogP contribution < -0.4 is 21.6 Å². The molecule has 1 saturated heterocycles. The van der Waals surface area contributed by atoms with E-state index in [2.05, 4.69) is 15.2 Å². The fourth-order valence-electron chi connectivity index (χ4n) is 4.93. The number of carbonyl (C=O) groups is 2. The molecule has 3 aromatic rings. The number of esters is 2. The van der Waals surface area contributed by atoms with Crippen molar-refractivity contribution < 1.29 is 37.6 Å². The highest BCUT2D eigenvalue weighted by Crippen LogP contribution is 2.47. The Kier molecular flexibility index (Phi) is 13.1. The third-order valence-electron chi connectivity index (χ3n) is 7.20. The number of hydrogen-bond donors (Lipinski definition) is 4. The second-order valence-corrected chi connectivity index (χ2v) is 13.9. The Morgan fingerprint density at radius 1 is 0.979 bits per heavy atom. The second kappa shape index (κ2) is 17.0. The Hall–Kier alpha value is -3.59. The summed E-state index contributed by atoms with van der Waals surface area (Å²) in [7, 11) is -4.41. The van der Waals surface area contributed by atoms with Crippen LogP contribution >= 0.6 is 19.4 Å². The zero-order chi connectivity index (χ0) is 34.0. The van der Waals surface area contributed by atoms with Crippen LogP contribution in [0, 0.1) is 0 Å². The van der Waals surface area contributed by atoms with Gasteiger partial charge >= 0.3 is 25.3 Å². The van der Waals surface area contributed by atoms with E-state index in [0.717, 1.165) is 27.5 Å². The fraction of sp³-hybridized carbons (Fsp3) is 0.419. The largest absolute Gasteiger partial charge is 0.465 e. The van der Waals surface area contributed by atoms with Crippen LogP contribution in [0.15, 0.2) is 77.7 Å². The van der Waals surface area contributed by atoms with Gasteiger partial charge in [0.1, 0.15) is 29.4 Å². The normalized spacial score (nSPS) is 20.8. The number of benzene rings is 2. The highest BCUT2D eigenvalue weighted by atomic mass is 32.2. The van der Waals surface area contributed by atoms with Crippen LogP contribution in [-0.4, -0.2) is 76.0 Å². The van der Waals surface area contributed by atoms with Gasteiger partial charge in [0.15, 0.2) is 6.17 Å². The zero-order valence-corrected chi connectivity index (χ0v) is 27.6. The number of nitrogens with zero attached hydrogens (tertiary/aromatic N) is 2. The molecule has 4 rings (SSSR count). The molecule has 254 valence electrons. The van der Waals surface area contributed by atoms with E-state index in [4.69, 9.17) is 19.7 Å². The maximum atomic E-state index is 15.3. The lowest BCUT2D eigenvalue weighted by Crippen LogP contribution is -2.46. The number of nitrogens with one attached hydrogen (secondary N) is 2. The molecule has 0 bridgehead atoms. The van der Waals surface area contributed by atoms with Crippen molar-refractivity contribution in [1.82, 2.24) is 19.7 Å². The van der Waals surface area contributed by atoms with Crippen LogP contribution in [0.4, 0.5) is 10.2 Å².